The first kappa shape index (κ1) is 22.8. The molecule has 1 atom stereocenters. The molecule has 0 aliphatic rings. The van der Waals surface area contributed by atoms with E-state index in [9.17, 15) is 4.79 Å². The standard InChI is InChI=1S/C21H35ClN2O2/c1-16(2)12-23-13-18-8-7-9-19(10-18)15-24(14-17(3)11-22)20(25)26-21(4,5)6/h7-10,16-17,23H,11-15H2,1-6H3. The van der Waals surface area contributed by atoms with Crippen LogP contribution in [0, 0.1) is 11.8 Å². The summed E-state index contributed by atoms with van der Waals surface area (Å²) in [4.78, 5) is 14.3. The average molecular weight is 383 g/mol. The molecule has 0 aromatic heterocycles. The van der Waals surface area contributed by atoms with Crippen molar-refractivity contribution in [1.82, 2.24) is 10.2 Å². The molecular formula is C21H35ClN2O2. The molecule has 1 aromatic rings. The maximum Gasteiger partial charge on any atom is 0.410 e. The number of ether oxygens (including phenoxy) is 1. The molecule has 1 amide bonds. The number of amides is 1. The first-order chi connectivity index (χ1) is 12.1. The van der Waals surface area contributed by atoms with Gasteiger partial charge in [-0.25, -0.2) is 4.79 Å². The molecule has 4 nitrogen and oxygen atoms in total. The predicted octanol–water partition coefficient (Wildman–Crippen LogP) is 5.04. The number of alkyl halides is 1. The van der Waals surface area contributed by atoms with E-state index >= 15 is 0 Å². The fourth-order valence-corrected chi connectivity index (χ4v) is 2.62. The number of hydrogen-bond acceptors (Lipinski definition) is 3. The van der Waals surface area contributed by atoms with Gasteiger partial charge in [0.25, 0.3) is 0 Å². The molecule has 1 unspecified atom stereocenters. The zero-order valence-corrected chi connectivity index (χ0v) is 17.9. The zero-order valence-electron chi connectivity index (χ0n) is 17.1. The Labute approximate surface area is 164 Å². The molecule has 0 aliphatic carbocycles. The van der Waals surface area contributed by atoms with Gasteiger partial charge in [-0.05, 0) is 50.3 Å². The smallest absolute Gasteiger partial charge is 0.410 e. The molecule has 0 heterocycles. The van der Waals surface area contributed by atoms with E-state index in [1.807, 2.05) is 33.8 Å². The normalized spacial score (nSPS) is 12.9. The van der Waals surface area contributed by atoms with Crippen molar-refractivity contribution in [2.24, 2.45) is 11.8 Å². The van der Waals surface area contributed by atoms with Crippen LogP contribution in [-0.2, 0) is 17.8 Å². The van der Waals surface area contributed by atoms with Crippen LogP contribution in [0.1, 0.15) is 52.7 Å². The van der Waals surface area contributed by atoms with E-state index in [-0.39, 0.29) is 12.0 Å². The molecule has 0 spiro atoms. The van der Waals surface area contributed by atoms with Crippen LogP contribution in [-0.4, -0.2) is 35.6 Å². The zero-order chi connectivity index (χ0) is 19.7. The predicted molar refractivity (Wildman–Crippen MR) is 110 cm³/mol. The fraction of sp³-hybridized carbons (Fsp3) is 0.667. The number of rotatable bonds is 9. The summed E-state index contributed by atoms with van der Waals surface area (Å²) in [5, 5.41) is 3.45. The topological polar surface area (TPSA) is 41.6 Å². The van der Waals surface area contributed by atoms with E-state index in [1.165, 1.54) is 5.56 Å². The molecule has 148 valence electrons. The minimum atomic E-state index is -0.512. The highest BCUT2D eigenvalue weighted by Crippen LogP contribution is 2.16. The van der Waals surface area contributed by atoms with Crippen LogP contribution in [0.2, 0.25) is 0 Å². The highest BCUT2D eigenvalue weighted by molar-refractivity contribution is 6.18. The molecule has 0 fully saturated rings. The lowest BCUT2D eigenvalue weighted by Crippen LogP contribution is -2.39. The molecule has 5 heteroatoms. The Morgan fingerprint density at radius 2 is 1.88 bits per heavy atom. The summed E-state index contributed by atoms with van der Waals surface area (Å²) in [6, 6.07) is 8.35. The number of nitrogens with one attached hydrogen (secondary N) is 1. The van der Waals surface area contributed by atoms with Gasteiger partial charge >= 0.3 is 6.09 Å². The van der Waals surface area contributed by atoms with Crippen LogP contribution in [0.3, 0.4) is 0 Å². The molecule has 1 rings (SSSR count). The molecule has 0 saturated carbocycles. The maximum absolute atomic E-state index is 12.6. The quantitative estimate of drug-likeness (QED) is 0.608. The fourth-order valence-electron chi connectivity index (χ4n) is 2.52. The van der Waals surface area contributed by atoms with E-state index in [2.05, 4.69) is 37.4 Å². The molecular weight excluding hydrogens is 348 g/mol. The Bertz CT molecular complexity index is 555. The van der Waals surface area contributed by atoms with Gasteiger partial charge in [0, 0.05) is 25.5 Å². The van der Waals surface area contributed by atoms with Crippen LogP contribution in [0.4, 0.5) is 4.79 Å². The third-order valence-electron chi connectivity index (χ3n) is 3.69. The van der Waals surface area contributed by atoms with Crippen molar-refractivity contribution in [3.05, 3.63) is 35.4 Å². The van der Waals surface area contributed by atoms with Crippen LogP contribution in [0.15, 0.2) is 24.3 Å². The van der Waals surface area contributed by atoms with Crippen LogP contribution >= 0.6 is 11.6 Å². The van der Waals surface area contributed by atoms with Gasteiger partial charge in [-0.1, -0.05) is 45.0 Å². The maximum atomic E-state index is 12.6. The summed E-state index contributed by atoms with van der Waals surface area (Å²) in [7, 11) is 0. The number of halogens is 1. The highest BCUT2D eigenvalue weighted by atomic mass is 35.5. The monoisotopic (exact) mass is 382 g/mol. The van der Waals surface area contributed by atoms with E-state index in [0.717, 1.165) is 18.7 Å². The Balaban J connectivity index is 2.81. The lowest BCUT2D eigenvalue weighted by Gasteiger charge is -2.29. The van der Waals surface area contributed by atoms with E-state index in [0.29, 0.717) is 24.9 Å². The number of benzene rings is 1. The first-order valence-electron chi connectivity index (χ1n) is 9.43. The number of nitrogens with zero attached hydrogens (tertiary/aromatic N) is 1. The molecule has 0 radical (unpaired) electrons. The summed E-state index contributed by atoms with van der Waals surface area (Å²) in [6.07, 6.45) is -0.294. The van der Waals surface area contributed by atoms with Crippen molar-refractivity contribution in [2.75, 3.05) is 19.0 Å². The minimum absolute atomic E-state index is 0.208. The van der Waals surface area contributed by atoms with Gasteiger partial charge in [-0.3, -0.25) is 0 Å². The van der Waals surface area contributed by atoms with Gasteiger partial charge in [-0.15, -0.1) is 11.6 Å². The number of hydrogen-bond donors (Lipinski definition) is 1. The molecule has 0 saturated heterocycles. The second kappa shape index (κ2) is 10.8. The van der Waals surface area contributed by atoms with Crippen molar-refractivity contribution < 1.29 is 9.53 Å². The summed E-state index contributed by atoms with van der Waals surface area (Å²) >= 11 is 5.96. The van der Waals surface area contributed by atoms with Crippen molar-refractivity contribution in [3.8, 4) is 0 Å². The lowest BCUT2D eigenvalue weighted by molar-refractivity contribution is 0.0212. The molecule has 1 aromatic carbocycles. The SMILES string of the molecule is CC(C)CNCc1cccc(CN(CC(C)CCl)C(=O)OC(C)(C)C)c1. The second-order valence-electron chi connectivity index (χ2n) is 8.47. The Morgan fingerprint density at radius 1 is 1.23 bits per heavy atom. The van der Waals surface area contributed by atoms with Gasteiger partial charge in [0.15, 0.2) is 0 Å². The first-order valence-corrected chi connectivity index (χ1v) is 9.96. The molecule has 1 N–H and O–H groups in total. The summed E-state index contributed by atoms with van der Waals surface area (Å²) in [6.45, 7) is 15.0. The van der Waals surface area contributed by atoms with Gasteiger partial charge < -0.3 is 15.0 Å². The third-order valence-corrected chi connectivity index (χ3v) is 4.22. The largest absolute Gasteiger partial charge is 0.444 e. The summed E-state index contributed by atoms with van der Waals surface area (Å²) in [5.74, 6) is 1.34. The van der Waals surface area contributed by atoms with E-state index in [4.69, 9.17) is 16.3 Å². The summed E-state index contributed by atoms with van der Waals surface area (Å²) in [5.41, 5.74) is 1.81. The minimum Gasteiger partial charge on any atom is -0.444 e. The van der Waals surface area contributed by atoms with E-state index in [1.54, 1.807) is 4.90 Å². The lowest BCUT2D eigenvalue weighted by atomic mass is 10.1. The second-order valence-corrected chi connectivity index (χ2v) is 8.77. The van der Waals surface area contributed by atoms with Crippen LogP contribution in [0.5, 0.6) is 0 Å². The van der Waals surface area contributed by atoms with Crippen molar-refractivity contribution in [3.63, 3.8) is 0 Å². The number of carbonyl (C=O) groups is 1. The van der Waals surface area contributed by atoms with Crippen molar-refractivity contribution in [2.45, 2.75) is 60.2 Å². The number of carbonyl (C=O) groups excluding carboxylic acids is 1. The van der Waals surface area contributed by atoms with Crippen molar-refractivity contribution >= 4 is 17.7 Å². The molecule has 0 bridgehead atoms. The van der Waals surface area contributed by atoms with E-state index < -0.39 is 5.60 Å². The van der Waals surface area contributed by atoms with Crippen LogP contribution in [0.25, 0.3) is 0 Å². The molecule has 26 heavy (non-hydrogen) atoms. The van der Waals surface area contributed by atoms with Crippen LogP contribution < -0.4 is 5.32 Å². The summed E-state index contributed by atoms with van der Waals surface area (Å²) < 4.78 is 5.57. The Morgan fingerprint density at radius 3 is 2.46 bits per heavy atom. The molecule has 0 aliphatic heterocycles. The van der Waals surface area contributed by atoms with Gasteiger partial charge in [0.1, 0.15) is 5.60 Å². The average Bonchev–Trinajstić information content (AvgIpc) is 2.52. The Hall–Kier alpha value is -1.26. The third kappa shape index (κ3) is 9.44. The highest BCUT2D eigenvalue weighted by Gasteiger charge is 2.23. The van der Waals surface area contributed by atoms with Gasteiger partial charge in [-0.2, -0.15) is 0 Å². The van der Waals surface area contributed by atoms with Crippen molar-refractivity contribution in [1.29, 1.82) is 0 Å². The van der Waals surface area contributed by atoms with Gasteiger partial charge in [0.2, 0.25) is 0 Å². The Kier molecular flexibility index (Phi) is 9.45. The van der Waals surface area contributed by atoms with Gasteiger partial charge in [0.05, 0.1) is 0 Å².